The summed E-state index contributed by atoms with van der Waals surface area (Å²) >= 11 is 5.88. The average Bonchev–Trinajstić information content (AvgIpc) is 3.00. The minimum absolute atomic E-state index is 0. The monoisotopic (exact) mass is 352 g/mol. The standard InChI is InChI=1S/C14H15ClF2N2O2.ClH/c15-10-1-2-12(21-14(16)17)11(3-10)13(20)19-6-8-4-18-5-9(8)7-19;/h1-3,8-9,14,18H,4-7H2;1H/t8-,9+;. The zero-order valence-electron chi connectivity index (χ0n) is 11.6. The lowest BCUT2D eigenvalue weighted by molar-refractivity contribution is -0.0502. The molecule has 2 saturated heterocycles. The van der Waals surface area contributed by atoms with Crippen LogP contribution in [0, 0.1) is 11.8 Å². The first-order valence-corrected chi connectivity index (χ1v) is 7.16. The first-order valence-electron chi connectivity index (χ1n) is 6.79. The third-order valence-corrected chi connectivity index (χ3v) is 4.30. The van der Waals surface area contributed by atoms with Crippen molar-refractivity contribution >= 4 is 29.9 Å². The molecule has 2 fully saturated rings. The number of carbonyl (C=O) groups is 1. The molecule has 0 aliphatic carbocycles. The van der Waals surface area contributed by atoms with E-state index in [4.69, 9.17) is 11.6 Å². The van der Waals surface area contributed by atoms with Gasteiger partial charge in [-0.3, -0.25) is 4.79 Å². The van der Waals surface area contributed by atoms with E-state index in [2.05, 4.69) is 10.1 Å². The maximum Gasteiger partial charge on any atom is 0.387 e. The van der Waals surface area contributed by atoms with Gasteiger partial charge >= 0.3 is 6.61 Å². The van der Waals surface area contributed by atoms with Crippen LogP contribution in [0.15, 0.2) is 18.2 Å². The molecule has 0 aromatic heterocycles. The zero-order valence-corrected chi connectivity index (χ0v) is 13.2. The number of nitrogens with zero attached hydrogens (tertiary/aromatic N) is 1. The molecule has 4 nitrogen and oxygen atoms in total. The molecule has 8 heteroatoms. The van der Waals surface area contributed by atoms with Crippen molar-refractivity contribution in [3.8, 4) is 5.75 Å². The number of carbonyl (C=O) groups excluding carboxylic acids is 1. The zero-order chi connectivity index (χ0) is 15.0. The van der Waals surface area contributed by atoms with Gasteiger partial charge in [0.1, 0.15) is 5.75 Å². The van der Waals surface area contributed by atoms with Gasteiger partial charge in [0.25, 0.3) is 5.91 Å². The largest absolute Gasteiger partial charge is 0.434 e. The highest BCUT2D eigenvalue weighted by Crippen LogP contribution is 2.31. The van der Waals surface area contributed by atoms with E-state index in [0.717, 1.165) is 13.1 Å². The minimum atomic E-state index is -2.97. The van der Waals surface area contributed by atoms with E-state index in [1.807, 2.05) is 0 Å². The van der Waals surface area contributed by atoms with Gasteiger partial charge in [-0.25, -0.2) is 0 Å². The fraction of sp³-hybridized carbons (Fsp3) is 0.500. The SMILES string of the molecule is Cl.O=C(c1cc(Cl)ccc1OC(F)F)N1C[C@H]2CNC[C@H]2C1. The summed E-state index contributed by atoms with van der Waals surface area (Å²) < 4.78 is 29.3. The Balaban J connectivity index is 0.00000176. The van der Waals surface area contributed by atoms with Gasteiger partial charge in [-0.1, -0.05) is 11.6 Å². The Morgan fingerprint density at radius 3 is 2.55 bits per heavy atom. The van der Waals surface area contributed by atoms with Crippen molar-refractivity contribution < 1.29 is 18.3 Å². The van der Waals surface area contributed by atoms with E-state index in [1.165, 1.54) is 18.2 Å². The summed E-state index contributed by atoms with van der Waals surface area (Å²) in [6.07, 6.45) is 0. The van der Waals surface area contributed by atoms with Crippen molar-refractivity contribution in [1.29, 1.82) is 0 Å². The molecule has 0 spiro atoms. The third kappa shape index (κ3) is 3.45. The molecule has 2 aliphatic rings. The molecule has 1 N–H and O–H groups in total. The van der Waals surface area contributed by atoms with E-state index in [9.17, 15) is 13.6 Å². The second kappa shape index (κ2) is 6.98. The van der Waals surface area contributed by atoms with Gasteiger partial charge in [0, 0.05) is 31.2 Å². The van der Waals surface area contributed by atoms with Crippen molar-refractivity contribution in [3.05, 3.63) is 28.8 Å². The van der Waals surface area contributed by atoms with Crippen LogP contribution in [0.3, 0.4) is 0 Å². The van der Waals surface area contributed by atoms with Gasteiger partial charge in [-0.05, 0) is 30.0 Å². The summed E-state index contributed by atoms with van der Waals surface area (Å²) in [6, 6.07) is 4.12. The predicted molar refractivity (Wildman–Crippen MR) is 81.1 cm³/mol. The van der Waals surface area contributed by atoms with E-state index >= 15 is 0 Å². The topological polar surface area (TPSA) is 41.6 Å². The number of halogens is 4. The maximum absolute atomic E-state index is 12.6. The fourth-order valence-corrected chi connectivity index (χ4v) is 3.23. The fourth-order valence-electron chi connectivity index (χ4n) is 3.06. The summed E-state index contributed by atoms with van der Waals surface area (Å²) in [4.78, 5) is 14.2. The van der Waals surface area contributed by atoms with Crippen LogP contribution in [0.1, 0.15) is 10.4 Å². The van der Waals surface area contributed by atoms with Crippen LogP contribution in [0.5, 0.6) is 5.75 Å². The molecule has 0 bridgehead atoms. The van der Waals surface area contributed by atoms with Gasteiger partial charge in [0.05, 0.1) is 5.56 Å². The number of hydrogen-bond acceptors (Lipinski definition) is 3. The van der Waals surface area contributed by atoms with Gasteiger partial charge in [0.2, 0.25) is 0 Å². The number of alkyl halides is 2. The maximum atomic E-state index is 12.6. The van der Waals surface area contributed by atoms with Crippen LogP contribution < -0.4 is 10.1 Å². The van der Waals surface area contributed by atoms with Gasteiger partial charge in [0.15, 0.2) is 0 Å². The number of likely N-dealkylation sites (tertiary alicyclic amines) is 1. The second-order valence-corrected chi connectivity index (χ2v) is 5.84. The van der Waals surface area contributed by atoms with Crippen LogP contribution in [0.4, 0.5) is 8.78 Å². The molecule has 1 amide bonds. The van der Waals surface area contributed by atoms with Crippen molar-refractivity contribution in [2.24, 2.45) is 11.8 Å². The summed E-state index contributed by atoms with van der Waals surface area (Å²) in [5.41, 5.74) is 0.0933. The van der Waals surface area contributed by atoms with Crippen LogP contribution in [-0.4, -0.2) is 43.6 Å². The Hall–Kier alpha value is -1.11. The molecule has 3 rings (SSSR count). The van der Waals surface area contributed by atoms with Crippen LogP contribution in [0.25, 0.3) is 0 Å². The number of nitrogens with one attached hydrogen (secondary N) is 1. The number of fused-ring (bicyclic) bond motifs is 1. The normalized spacial score (nSPS) is 23.4. The van der Waals surface area contributed by atoms with E-state index in [0.29, 0.717) is 29.9 Å². The Morgan fingerprint density at radius 2 is 1.95 bits per heavy atom. The number of amides is 1. The van der Waals surface area contributed by atoms with Crippen molar-refractivity contribution in [2.45, 2.75) is 6.61 Å². The molecule has 2 aliphatic heterocycles. The molecular formula is C14H16Cl2F2N2O2. The Morgan fingerprint density at radius 1 is 1.32 bits per heavy atom. The molecule has 2 heterocycles. The Bertz CT molecular complexity index is 548. The van der Waals surface area contributed by atoms with E-state index in [1.54, 1.807) is 4.90 Å². The lowest BCUT2D eigenvalue weighted by Gasteiger charge is -2.19. The molecule has 122 valence electrons. The van der Waals surface area contributed by atoms with E-state index in [-0.39, 0.29) is 29.6 Å². The second-order valence-electron chi connectivity index (χ2n) is 5.41. The summed E-state index contributed by atoms with van der Waals surface area (Å²) in [5.74, 6) is 0.442. The Labute approximate surface area is 138 Å². The summed E-state index contributed by atoms with van der Waals surface area (Å²) in [7, 11) is 0. The molecule has 0 unspecified atom stereocenters. The van der Waals surface area contributed by atoms with Crippen molar-refractivity contribution in [1.82, 2.24) is 10.2 Å². The Kier molecular flexibility index (Phi) is 5.47. The first kappa shape index (κ1) is 17.2. The highest BCUT2D eigenvalue weighted by Gasteiger charge is 2.38. The van der Waals surface area contributed by atoms with Gasteiger partial charge in [-0.15, -0.1) is 12.4 Å². The van der Waals surface area contributed by atoms with Gasteiger partial charge < -0.3 is 15.0 Å². The smallest absolute Gasteiger partial charge is 0.387 e. The third-order valence-electron chi connectivity index (χ3n) is 4.06. The minimum Gasteiger partial charge on any atom is -0.434 e. The highest BCUT2D eigenvalue weighted by atomic mass is 35.5. The molecule has 1 aromatic rings. The van der Waals surface area contributed by atoms with Crippen LogP contribution >= 0.6 is 24.0 Å². The van der Waals surface area contributed by atoms with Crippen LogP contribution in [-0.2, 0) is 0 Å². The highest BCUT2D eigenvalue weighted by molar-refractivity contribution is 6.31. The number of ether oxygens (including phenoxy) is 1. The number of rotatable bonds is 3. The molecule has 0 saturated carbocycles. The van der Waals surface area contributed by atoms with E-state index < -0.39 is 6.61 Å². The predicted octanol–water partition coefficient (Wildman–Crippen LogP) is 2.65. The molecule has 1 aromatic carbocycles. The molecule has 22 heavy (non-hydrogen) atoms. The number of hydrogen-bond donors (Lipinski definition) is 1. The lowest BCUT2D eigenvalue weighted by atomic mass is 10.0. The first-order chi connectivity index (χ1) is 10.0. The number of benzene rings is 1. The van der Waals surface area contributed by atoms with Crippen LogP contribution in [0.2, 0.25) is 5.02 Å². The molecule has 2 atom stereocenters. The molecule has 0 radical (unpaired) electrons. The lowest BCUT2D eigenvalue weighted by Crippen LogP contribution is -2.32. The quantitative estimate of drug-likeness (QED) is 0.909. The van der Waals surface area contributed by atoms with Crippen molar-refractivity contribution in [2.75, 3.05) is 26.2 Å². The summed E-state index contributed by atoms with van der Waals surface area (Å²) in [6.45, 7) is 0.0862. The van der Waals surface area contributed by atoms with Crippen molar-refractivity contribution in [3.63, 3.8) is 0 Å². The average molecular weight is 353 g/mol. The summed E-state index contributed by atoms with van der Waals surface area (Å²) in [5, 5.41) is 3.61. The molecular weight excluding hydrogens is 337 g/mol. The van der Waals surface area contributed by atoms with Gasteiger partial charge in [-0.2, -0.15) is 8.78 Å².